The number of carbonyl (C=O) groups excluding carboxylic acids is 1. The maximum atomic E-state index is 12.2. The Morgan fingerprint density at radius 3 is 2.93 bits per heavy atom. The van der Waals surface area contributed by atoms with Crippen molar-refractivity contribution in [3.63, 3.8) is 0 Å². The Bertz CT molecular complexity index is 1150. The number of hydrogen-bond donors (Lipinski definition) is 1. The molecule has 3 aromatic heterocycles. The molecule has 1 amide bonds. The minimum Gasteiger partial charge on any atom is -0.351 e. The summed E-state index contributed by atoms with van der Waals surface area (Å²) in [6, 6.07) is 9.90. The molecule has 8 heteroatoms. The van der Waals surface area contributed by atoms with Gasteiger partial charge in [-0.15, -0.1) is 21.5 Å². The molecule has 0 spiro atoms. The first kappa shape index (κ1) is 17.6. The molecular weight excluding hydrogens is 390 g/mol. The number of thioether (sulfide) groups is 1. The second kappa shape index (κ2) is 7.52. The maximum Gasteiger partial charge on any atom is 0.230 e. The van der Waals surface area contributed by atoms with E-state index in [-0.39, 0.29) is 5.91 Å². The molecule has 6 nitrogen and oxygen atoms in total. The molecule has 1 aromatic carbocycles. The number of carbonyl (C=O) groups is 1. The van der Waals surface area contributed by atoms with Crippen LogP contribution in [-0.2, 0) is 24.2 Å². The van der Waals surface area contributed by atoms with Gasteiger partial charge in [0.1, 0.15) is 11.2 Å². The summed E-state index contributed by atoms with van der Waals surface area (Å²) in [5, 5.41) is 13.5. The van der Waals surface area contributed by atoms with Crippen LogP contribution in [0.5, 0.6) is 0 Å². The van der Waals surface area contributed by atoms with Gasteiger partial charge in [0, 0.05) is 11.4 Å². The molecule has 28 heavy (non-hydrogen) atoms. The lowest BCUT2D eigenvalue weighted by Gasteiger charge is -2.10. The van der Waals surface area contributed by atoms with Crippen molar-refractivity contribution in [2.24, 2.45) is 0 Å². The second-order valence-corrected chi connectivity index (χ2v) is 8.89. The topological polar surface area (TPSA) is 72.2 Å². The molecule has 1 aliphatic carbocycles. The molecule has 0 saturated carbocycles. The van der Waals surface area contributed by atoms with Gasteiger partial charge in [-0.25, -0.2) is 4.98 Å². The fourth-order valence-electron chi connectivity index (χ4n) is 3.61. The van der Waals surface area contributed by atoms with E-state index in [0.29, 0.717) is 17.5 Å². The van der Waals surface area contributed by atoms with E-state index in [0.717, 1.165) is 34.3 Å². The molecule has 4 aromatic rings. The van der Waals surface area contributed by atoms with Crippen molar-refractivity contribution in [3.05, 3.63) is 52.7 Å². The fourth-order valence-corrected chi connectivity index (χ4v) is 5.57. The van der Waals surface area contributed by atoms with Gasteiger partial charge in [0.25, 0.3) is 0 Å². The normalized spacial score (nSPS) is 13.7. The molecule has 0 saturated heterocycles. The Balaban J connectivity index is 1.33. The zero-order chi connectivity index (χ0) is 18.9. The third-order valence-electron chi connectivity index (χ3n) is 5.00. The SMILES string of the molecule is O=C(CSc1nnc2c3c4c(sc3ncn12)CCCC4)NCc1ccccc1. The van der Waals surface area contributed by atoms with Gasteiger partial charge in [0.2, 0.25) is 5.91 Å². The van der Waals surface area contributed by atoms with E-state index >= 15 is 0 Å². The first-order valence-corrected chi connectivity index (χ1v) is 11.2. The van der Waals surface area contributed by atoms with Crippen molar-refractivity contribution in [2.45, 2.75) is 37.4 Å². The zero-order valence-electron chi connectivity index (χ0n) is 15.2. The number of aryl methyl sites for hydroxylation is 2. The summed E-state index contributed by atoms with van der Waals surface area (Å²) in [6.07, 6.45) is 6.48. The van der Waals surface area contributed by atoms with Crippen LogP contribution in [0.2, 0.25) is 0 Å². The monoisotopic (exact) mass is 409 g/mol. The van der Waals surface area contributed by atoms with Gasteiger partial charge >= 0.3 is 0 Å². The highest BCUT2D eigenvalue weighted by molar-refractivity contribution is 7.99. The minimum atomic E-state index is -0.0208. The third-order valence-corrected chi connectivity index (χ3v) is 7.14. The Hall–Kier alpha value is -2.45. The van der Waals surface area contributed by atoms with Crippen LogP contribution in [0.15, 0.2) is 41.8 Å². The van der Waals surface area contributed by atoms with Crippen molar-refractivity contribution in [1.82, 2.24) is 24.9 Å². The van der Waals surface area contributed by atoms with E-state index in [2.05, 4.69) is 20.5 Å². The Morgan fingerprint density at radius 1 is 1.18 bits per heavy atom. The predicted octanol–water partition coefficient (Wildman–Crippen LogP) is 3.63. The standard InChI is InChI=1S/C20H19N5OS2/c26-16(21-10-13-6-2-1-3-7-13)11-27-20-24-23-18-17-14-8-4-5-9-15(14)28-19(17)22-12-25(18)20/h1-3,6-7,12H,4-5,8-11H2,(H,21,26). The molecular formula is C20H19N5OS2. The van der Waals surface area contributed by atoms with Crippen LogP contribution in [0.3, 0.4) is 0 Å². The molecule has 0 atom stereocenters. The third kappa shape index (κ3) is 3.27. The van der Waals surface area contributed by atoms with Crippen LogP contribution in [0, 0.1) is 0 Å². The number of amides is 1. The van der Waals surface area contributed by atoms with Crippen LogP contribution in [0.25, 0.3) is 15.9 Å². The summed E-state index contributed by atoms with van der Waals surface area (Å²) >= 11 is 3.17. The van der Waals surface area contributed by atoms with Gasteiger partial charge in [-0.05, 0) is 36.8 Å². The van der Waals surface area contributed by atoms with Crippen LogP contribution in [-0.4, -0.2) is 31.2 Å². The number of hydrogen-bond acceptors (Lipinski definition) is 6. The number of aromatic nitrogens is 4. The highest BCUT2D eigenvalue weighted by Gasteiger charge is 2.21. The van der Waals surface area contributed by atoms with Crippen LogP contribution in [0.1, 0.15) is 28.8 Å². The molecule has 5 rings (SSSR count). The molecule has 0 fully saturated rings. The summed E-state index contributed by atoms with van der Waals surface area (Å²) < 4.78 is 1.92. The van der Waals surface area contributed by atoms with E-state index in [4.69, 9.17) is 0 Å². The van der Waals surface area contributed by atoms with Gasteiger partial charge in [0.15, 0.2) is 10.8 Å². The number of nitrogens with one attached hydrogen (secondary N) is 1. The van der Waals surface area contributed by atoms with Crippen molar-refractivity contribution in [2.75, 3.05) is 5.75 Å². The highest BCUT2D eigenvalue weighted by Crippen LogP contribution is 2.37. The van der Waals surface area contributed by atoms with Gasteiger partial charge in [-0.2, -0.15) is 0 Å². The minimum absolute atomic E-state index is 0.0208. The van der Waals surface area contributed by atoms with Crippen molar-refractivity contribution < 1.29 is 4.79 Å². The second-order valence-electron chi connectivity index (χ2n) is 6.86. The smallest absolute Gasteiger partial charge is 0.230 e. The van der Waals surface area contributed by atoms with Crippen LogP contribution >= 0.6 is 23.1 Å². The average molecular weight is 410 g/mol. The van der Waals surface area contributed by atoms with Gasteiger partial charge in [-0.3, -0.25) is 9.20 Å². The van der Waals surface area contributed by atoms with E-state index in [9.17, 15) is 4.79 Å². The molecule has 1 N–H and O–H groups in total. The molecule has 0 unspecified atom stereocenters. The Morgan fingerprint density at radius 2 is 2.04 bits per heavy atom. The van der Waals surface area contributed by atoms with Crippen molar-refractivity contribution in [1.29, 1.82) is 0 Å². The van der Waals surface area contributed by atoms with Crippen LogP contribution < -0.4 is 5.32 Å². The van der Waals surface area contributed by atoms with Gasteiger partial charge < -0.3 is 5.32 Å². The molecule has 142 valence electrons. The van der Waals surface area contributed by atoms with Crippen LogP contribution in [0.4, 0.5) is 0 Å². The van der Waals surface area contributed by atoms with Gasteiger partial charge in [0.05, 0.1) is 11.1 Å². The summed E-state index contributed by atoms with van der Waals surface area (Å²) in [7, 11) is 0. The summed E-state index contributed by atoms with van der Waals surface area (Å²) in [6.45, 7) is 0.532. The number of rotatable bonds is 5. The summed E-state index contributed by atoms with van der Waals surface area (Å²) in [5.74, 6) is 0.278. The number of benzene rings is 1. The van der Waals surface area contributed by atoms with Gasteiger partial charge in [-0.1, -0.05) is 42.1 Å². The molecule has 0 radical (unpaired) electrons. The Kier molecular flexibility index (Phi) is 4.74. The van der Waals surface area contributed by atoms with E-state index < -0.39 is 0 Å². The number of fused-ring (bicyclic) bond motifs is 5. The van der Waals surface area contributed by atoms with E-state index in [1.807, 2.05) is 34.7 Å². The first-order chi connectivity index (χ1) is 13.8. The lowest BCUT2D eigenvalue weighted by Crippen LogP contribution is -2.24. The van der Waals surface area contributed by atoms with E-state index in [1.165, 1.54) is 35.0 Å². The van der Waals surface area contributed by atoms with E-state index in [1.54, 1.807) is 17.7 Å². The quantitative estimate of drug-likeness (QED) is 0.510. The summed E-state index contributed by atoms with van der Waals surface area (Å²) in [4.78, 5) is 19.3. The lowest BCUT2D eigenvalue weighted by molar-refractivity contribution is -0.118. The number of thiophene rings is 1. The fraction of sp³-hybridized carbons (Fsp3) is 0.300. The van der Waals surface area contributed by atoms with Crippen molar-refractivity contribution in [3.8, 4) is 0 Å². The predicted molar refractivity (Wildman–Crippen MR) is 112 cm³/mol. The number of nitrogens with zero attached hydrogens (tertiary/aromatic N) is 4. The average Bonchev–Trinajstić information content (AvgIpc) is 3.32. The molecule has 1 aliphatic rings. The largest absolute Gasteiger partial charge is 0.351 e. The molecule has 0 bridgehead atoms. The maximum absolute atomic E-state index is 12.2. The lowest BCUT2D eigenvalue weighted by atomic mass is 9.97. The molecule has 3 heterocycles. The summed E-state index contributed by atoms with van der Waals surface area (Å²) in [5.41, 5.74) is 3.34. The zero-order valence-corrected chi connectivity index (χ0v) is 16.9. The Labute approximate surface area is 170 Å². The molecule has 0 aliphatic heterocycles. The highest BCUT2D eigenvalue weighted by atomic mass is 32.2. The van der Waals surface area contributed by atoms with Crippen molar-refractivity contribution >= 4 is 44.9 Å². The first-order valence-electron chi connectivity index (χ1n) is 9.37.